The summed E-state index contributed by atoms with van der Waals surface area (Å²) < 4.78 is 0. The fourth-order valence-electron chi connectivity index (χ4n) is 2.88. The first-order valence-corrected chi connectivity index (χ1v) is 13.6. The van der Waals surface area contributed by atoms with Gasteiger partial charge in [-0.2, -0.15) is 18.2 Å². The van der Waals surface area contributed by atoms with Crippen molar-refractivity contribution >= 4 is 26.3 Å². The van der Waals surface area contributed by atoms with Gasteiger partial charge in [0.05, 0.1) is 0 Å². The fourth-order valence-corrected chi connectivity index (χ4v) is 16.1. The van der Waals surface area contributed by atoms with Crippen LogP contribution in [0.1, 0.15) is 27.2 Å². The van der Waals surface area contributed by atoms with Crippen molar-refractivity contribution in [2.45, 2.75) is 46.6 Å². The Hall–Kier alpha value is 0.138. The van der Waals surface area contributed by atoms with Crippen LogP contribution in [0, 0.1) is 0 Å². The first-order valence-electron chi connectivity index (χ1n) is 7.17. The minimum absolute atomic E-state index is 0. The molecule has 0 bridgehead atoms. The maximum absolute atomic E-state index is 4.19. The monoisotopic (exact) mass is 396 g/mol. The van der Waals surface area contributed by atoms with E-state index in [2.05, 4.69) is 40.4 Å². The van der Waals surface area contributed by atoms with Gasteiger partial charge in [0.25, 0.3) is 0 Å². The van der Waals surface area contributed by atoms with E-state index in [9.17, 15) is 0 Å². The summed E-state index contributed by atoms with van der Waals surface area (Å²) in [5.41, 5.74) is 4.05. The summed E-state index contributed by atoms with van der Waals surface area (Å²) in [6, 6.07) is 10.0. The largest absolute Gasteiger partial charge is 0.214 e. The third-order valence-corrected chi connectivity index (χ3v) is 14.4. The van der Waals surface area contributed by atoms with Gasteiger partial charge in [0, 0.05) is 16.8 Å². The standard InChI is InChI=1S/C11H21BSeSi.C5H5.Co/c1-7-10-11(9(3)4)14(5,6)13-12(10)8-2;1-2-4-5-3-1;/h3,7-8H2,1-2,4-6H3;1-5H;/q;-1;. The van der Waals surface area contributed by atoms with Gasteiger partial charge >= 0.3 is 95.8 Å². The summed E-state index contributed by atoms with van der Waals surface area (Å²) in [7, 11) is 0. The van der Waals surface area contributed by atoms with Crippen molar-refractivity contribution in [1.82, 2.24) is 0 Å². The Morgan fingerprint density at radius 1 is 1.30 bits per heavy atom. The van der Waals surface area contributed by atoms with Crippen LogP contribution >= 0.6 is 0 Å². The second-order valence-electron chi connectivity index (χ2n) is 5.52. The molecule has 2 rings (SSSR count). The van der Waals surface area contributed by atoms with Gasteiger partial charge in [-0.15, -0.1) is 0 Å². The van der Waals surface area contributed by atoms with Gasteiger partial charge in [0.1, 0.15) is 0 Å². The van der Waals surface area contributed by atoms with Gasteiger partial charge in [-0.3, -0.25) is 0 Å². The molecule has 0 N–H and O–H groups in total. The quantitative estimate of drug-likeness (QED) is 0.515. The van der Waals surface area contributed by atoms with Crippen LogP contribution in [0.3, 0.4) is 0 Å². The molecule has 0 nitrogen and oxygen atoms in total. The van der Waals surface area contributed by atoms with E-state index in [-0.39, 0.29) is 16.8 Å². The van der Waals surface area contributed by atoms with Crippen LogP contribution < -0.4 is 0 Å². The molecule has 0 atom stereocenters. The topological polar surface area (TPSA) is 0 Å². The van der Waals surface area contributed by atoms with Crippen molar-refractivity contribution in [3.63, 3.8) is 0 Å². The number of hydrogen-bond donors (Lipinski definition) is 0. The molecule has 0 unspecified atom stereocenters. The second-order valence-corrected chi connectivity index (χ2v) is 18.4. The van der Waals surface area contributed by atoms with E-state index >= 15 is 0 Å². The van der Waals surface area contributed by atoms with Crippen molar-refractivity contribution in [2.24, 2.45) is 0 Å². The smallest absolute Gasteiger partial charge is 0 e. The first kappa shape index (κ1) is 20.1. The molecule has 0 aromatic heterocycles. The van der Waals surface area contributed by atoms with Crippen molar-refractivity contribution in [3.8, 4) is 0 Å². The molecule has 0 aliphatic carbocycles. The van der Waals surface area contributed by atoms with Crippen LogP contribution in [0.4, 0.5) is 0 Å². The van der Waals surface area contributed by atoms with Crippen LogP contribution in [0.25, 0.3) is 0 Å². The van der Waals surface area contributed by atoms with Gasteiger partial charge in [0.15, 0.2) is 0 Å². The van der Waals surface area contributed by atoms with E-state index in [0.717, 1.165) is 19.7 Å². The van der Waals surface area contributed by atoms with Gasteiger partial charge in [-0.1, -0.05) is 0 Å². The Morgan fingerprint density at radius 2 is 1.85 bits per heavy atom. The van der Waals surface area contributed by atoms with Crippen LogP contribution in [0.5, 0.6) is 0 Å². The Kier molecular flexibility index (Phi) is 9.28. The minimum atomic E-state index is -1.06. The van der Waals surface area contributed by atoms with E-state index in [4.69, 9.17) is 0 Å². The average Bonchev–Trinajstić information content (AvgIpc) is 2.97. The molecule has 1 heterocycles. The normalized spacial score (nSPS) is 16.4. The summed E-state index contributed by atoms with van der Waals surface area (Å²) >= 11 is 0.862. The maximum Gasteiger partial charge on any atom is 0 e. The third-order valence-electron chi connectivity index (χ3n) is 3.48. The van der Waals surface area contributed by atoms with Crippen LogP contribution in [0.15, 0.2) is 53.2 Å². The molecule has 0 amide bonds. The average molecular weight is 395 g/mol. The molecular formula is C16H26BCoSeSi-. The van der Waals surface area contributed by atoms with Crippen molar-refractivity contribution < 1.29 is 16.8 Å². The van der Waals surface area contributed by atoms with E-state index in [1.165, 1.54) is 18.3 Å². The van der Waals surface area contributed by atoms with Crippen LogP contribution in [-0.2, 0) is 16.8 Å². The van der Waals surface area contributed by atoms with E-state index in [0.29, 0.717) is 0 Å². The number of allylic oxidation sites excluding steroid dienone is 3. The van der Waals surface area contributed by atoms with Crippen molar-refractivity contribution in [1.29, 1.82) is 0 Å². The van der Waals surface area contributed by atoms with Crippen molar-refractivity contribution in [3.05, 3.63) is 53.2 Å². The summed E-state index contributed by atoms with van der Waals surface area (Å²) in [6.07, 6.45) is 2.59. The Balaban J connectivity index is 0.000000507. The molecule has 20 heavy (non-hydrogen) atoms. The fraction of sp³-hybridized carbons (Fsp3) is 0.438. The van der Waals surface area contributed by atoms with E-state index in [1.54, 1.807) is 10.7 Å². The maximum atomic E-state index is 4.19. The molecule has 1 aromatic carbocycles. The molecule has 4 heteroatoms. The SMILES string of the molecule is C=C(C)C1=C(CC)B(CC)[Se][Si]1(C)C.[Co].c1cc[cH-]c1. The zero-order valence-corrected chi connectivity index (χ0v) is 17.1. The molecule has 1 aliphatic heterocycles. The third kappa shape index (κ3) is 5.16. The molecule has 0 spiro atoms. The summed E-state index contributed by atoms with van der Waals surface area (Å²) in [5.74, 6) is 0. The predicted molar refractivity (Wildman–Crippen MR) is 93.6 cm³/mol. The molecule has 1 radical (unpaired) electrons. The Labute approximate surface area is 142 Å². The Bertz CT molecular complexity index is 420. The second kappa shape index (κ2) is 9.22. The van der Waals surface area contributed by atoms with E-state index in [1.807, 2.05) is 30.3 Å². The van der Waals surface area contributed by atoms with Crippen LogP contribution in [0.2, 0.25) is 19.4 Å². The Morgan fingerprint density at radius 3 is 2.15 bits per heavy atom. The molecule has 113 valence electrons. The molecule has 0 saturated carbocycles. The summed E-state index contributed by atoms with van der Waals surface area (Å²) in [5, 5.41) is 1.73. The summed E-state index contributed by atoms with van der Waals surface area (Å²) in [6.45, 7) is 15.0. The zero-order chi connectivity index (χ0) is 14.5. The van der Waals surface area contributed by atoms with Gasteiger partial charge in [-0.05, 0) is 0 Å². The summed E-state index contributed by atoms with van der Waals surface area (Å²) in [4.78, 5) is 0. The van der Waals surface area contributed by atoms with Gasteiger partial charge in [0.2, 0.25) is 0 Å². The molecular weight excluding hydrogens is 369 g/mol. The van der Waals surface area contributed by atoms with Gasteiger partial charge < -0.3 is 0 Å². The molecule has 1 aromatic rings. The van der Waals surface area contributed by atoms with Crippen molar-refractivity contribution in [2.75, 3.05) is 0 Å². The predicted octanol–water partition coefficient (Wildman–Crippen LogP) is 4.68. The zero-order valence-electron chi connectivity index (χ0n) is 13.3. The molecule has 0 fully saturated rings. The molecule has 0 saturated heterocycles. The van der Waals surface area contributed by atoms with Gasteiger partial charge in [-0.25, -0.2) is 12.1 Å². The minimum Gasteiger partial charge on any atom is -0.214 e. The molecule has 1 aliphatic rings. The number of rotatable bonds is 3. The van der Waals surface area contributed by atoms with Crippen LogP contribution in [-0.4, -0.2) is 26.3 Å². The number of hydrogen-bond acceptors (Lipinski definition) is 0. The first-order chi connectivity index (χ1) is 8.94. The van der Waals surface area contributed by atoms with E-state index < -0.39 is 6.68 Å².